The monoisotopic (exact) mass is 152 g/mol. The molecule has 2 aliphatic carbocycles. The van der Waals surface area contributed by atoms with Gasteiger partial charge in [-0.3, -0.25) is 4.79 Å². The van der Waals surface area contributed by atoms with Crippen LogP contribution in [0, 0.1) is 11.8 Å². The molecule has 2 heterocycles. The molecule has 0 radical (unpaired) electrons. The Bertz CT molecular complexity index is 180. The van der Waals surface area contributed by atoms with Gasteiger partial charge in [0.05, 0.1) is 12.2 Å². The van der Waals surface area contributed by atoms with Gasteiger partial charge in [-0.1, -0.05) is 0 Å². The quantitative estimate of drug-likeness (QED) is 0.520. The summed E-state index contributed by atoms with van der Waals surface area (Å²) in [6.07, 6.45) is 4.96. The number of ether oxygens (including phenoxy) is 1. The van der Waals surface area contributed by atoms with Crippen LogP contribution in [-0.2, 0) is 9.53 Å². The number of carbonyl (C=O) groups is 1. The van der Waals surface area contributed by atoms with Crippen LogP contribution in [0.1, 0.15) is 25.7 Å². The Labute approximate surface area is 65.9 Å². The molecule has 0 unspecified atom stereocenters. The number of hydrogen-bond acceptors (Lipinski definition) is 2. The highest BCUT2D eigenvalue weighted by Crippen LogP contribution is 2.45. The highest BCUT2D eigenvalue weighted by molar-refractivity contribution is 5.85. The van der Waals surface area contributed by atoms with E-state index in [1.165, 1.54) is 0 Å². The Hall–Kier alpha value is -0.370. The molecule has 0 aromatic heterocycles. The second-order valence-electron chi connectivity index (χ2n) is 4.12. The Kier molecular flexibility index (Phi) is 1.05. The first kappa shape index (κ1) is 6.18. The van der Waals surface area contributed by atoms with Crippen LogP contribution >= 0.6 is 0 Å². The summed E-state index contributed by atoms with van der Waals surface area (Å²) in [5.41, 5.74) is 0. The van der Waals surface area contributed by atoms with Crippen molar-refractivity contribution < 1.29 is 9.53 Å². The highest BCUT2D eigenvalue weighted by Gasteiger charge is 2.48. The van der Waals surface area contributed by atoms with Gasteiger partial charge in [-0.05, 0) is 25.7 Å². The predicted octanol–water partition coefficient (Wildman–Crippen LogP) is 1.14. The van der Waals surface area contributed by atoms with Crippen LogP contribution in [0.2, 0.25) is 0 Å². The minimum Gasteiger partial charge on any atom is -0.375 e. The molecule has 0 spiro atoms. The van der Waals surface area contributed by atoms with E-state index in [4.69, 9.17) is 4.74 Å². The summed E-state index contributed by atoms with van der Waals surface area (Å²) in [7, 11) is 0. The average Bonchev–Trinajstić information content (AvgIpc) is 1.98. The fourth-order valence-electron chi connectivity index (χ4n) is 2.95. The Morgan fingerprint density at radius 2 is 1.45 bits per heavy atom. The summed E-state index contributed by atoms with van der Waals surface area (Å²) >= 11 is 0. The van der Waals surface area contributed by atoms with Crippen molar-refractivity contribution in [1.82, 2.24) is 0 Å². The van der Waals surface area contributed by atoms with Crippen molar-refractivity contribution in [1.29, 1.82) is 0 Å². The first-order chi connectivity index (χ1) is 5.33. The summed E-state index contributed by atoms with van der Waals surface area (Å²) in [6, 6.07) is 0. The standard InChI is InChI=1S/C9H12O2/c10-9-5-1-7-3-6(9)4-8(2-5)11-7/h5-8H,1-4H2. The van der Waals surface area contributed by atoms with Gasteiger partial charge in [-0.25, -0.2) is 0 Å². The van der Waals surface area contributed by atoms with Crippen LogP contribution in [0.4, 0.5) is 0 Å². The number of carbonyl (C=O) groups excluding carboxylic acids is 1. The topological polar surface area (TPSA) is 26.3 Å². The van der Waals surface area contributed by atoms with Gasteiger partial charge in [0.25, 0.3) is 0 Å². The minimum absolute atomic E-state index is 0.381. The fourth-order valence-corrected chi connectivity index (χ4v) is 2.95. The van der Waals surface area contributed by atoms with Gasteiger partial charge in [0.1, 0.15) is 5.78 Å². The van der Waals surface area contributed by atoms with Crippen molar-refractivity contribution in [2.45, 2.75) is 37.9 Å². The fraction of sp³-hybridized carbons (Fsp3) is 0.889. The molecule has 2 heteroatoms. The predicted molar refractivity (Wildman–Crippen MR) is 39.1 cm³/mol. The summed E-state index contributed by atoms with van der Waals surface area (Å²) in [5.74, 6) is 1.30. The van der Waals surface area contributed by atoms with E-state index in [0.717, 1.165) is 25.7 Å². The van der Waals surface area contributed by atoms with Crippen LogP contribution < -0.4 is 0 Å². The maximum Gasteiger partial charge on any atom is 0.139 e. The lowest BCUT2D eigenvalue weighted by Gasteiger charge is -2.48. The number of rotatable bonds is 0. The molecule has 60 valence electrons. The molecule has 0 atom stereocenters. The van der Waals surface area contributed by atoms with Gasteiger partial charge in [-0.15, -0.1) is 0 Å². The molecule has 2 nitrogen and oxygen atoms in total. The van der Waals surface area contributed by atoms with Crippen LogP contribution in [0.15, 0.2) is 0 Å². The molecule has 0 N–H and O–H groups in total. The Morgan fingerprint density at radius 3 is 1.91 bits per heavy atom. The van der Waals surface area contributed by atoms with E-state index in [1.54, 1.807) is 0 Å². The number of ketones is 1. The van der Waals surface area contributed by atoms with Crippen LogP contribution in [0.25, 0.3) is 0 Å². The molecule has 11 heavy (non-hydrogen) atoms. The van der Waals surface area contributed by atoms with Crippen molar-refractivity contribution in [3.63, 3.8) is 0 Å². The van der Waals surface area contributed by atoms with Gasteiger partial charge >= 0.3 is 0 Å². The summed E-state index contributed by atoms with van der Waals surface area (Å²) in [4.78, 5) is 11.5. The molecule has 4 aliphatic rings. The van der Waals surface area contributed by atoms with E-state index >= 15 is 0 Å². The van der Waals surface area contributed by atoms with Gasteiger partial charge in [-0.2, -0.15) is 0 Å². The van der Waals surface area contributed by atoms with E-state index in [-0.39, 0.29) is 0 Å². The van der Waals surface area contributed by atoms with Gasteiger partial charge in [0, 0.05) is 11.8 Å². The smallest absolute Gasteiger partial charge is 0.139 e. The maximum atomic E-state index is 11.5. The van der Waals surface area contributed by atoms with Gasteiger partial charge in [0.2, 0.25) is 0 Å². The van der Waals surface area contributed by atoms with Crippen molar-refractivity contribution in [2.75, 3.05) is 0 Å². The molecule has 4 bridgehead atoms. The van der Waals surface area contributed by atoms with Crippen LogP contribution in [-0.4, -0.2) is 18.0 Å². The second kappa shape index (κ2) is 1.86. The molecule has 2 aliphatic heterocycles. The van der Waals surface area contributed by atoms with Gasteiger partial charge < -0.3 is 4.74 Å². The van der Waals surface area contributed by atoms with E-state index < -0.39 is 0 Å². The highest BCUT2D eigenvalue weighted by atomic mass is 16.5. The van der Waals surface area contributed by atoms with Crippen LogP contribution in [0.5, 0.6) is 0 Å². The molecular formula is C9H12O2. The SMILES string of the molecule is O=C1C2CC3CC1CC(C2)O3. The molecule has 4 fully saturated rings. The lowest BCUT2D eigenvalue weighted by atomic mass is 9.66. The number of Topliss-reactive ketones (excluding diaryl/α,β-unsaturated/α-hetero) is 1. The van der Waals surface area contributed by atoms with Crippen LogP contribution in [0.3, 0.4) is 0 Å². The molecule has 0 aromatic rings. The zero-order valence-corrected chi connectivity index (χ0v) is 6.45. The zero-order chi connectivity index (χ0) is 7.42. The first-order valence-electron chi connectivity index (χ1n) is 4.52. The zero-order valence-electron chi connectivity index (χ0n) is 6.45. The van der Waals surface area contributed by atoms with E-state index in [2.05, 4.69) is 0 Å². The normalized spacial score (nSPS) is 53.6. The molecular weight excluding hydrogens is 140 g/mol. The maximum absolute atomic E-state index is 11.5. The van der Waals surface area contributed by atoms with Crippen molar-refractivity contribution in [3.8, 4) is 0 Å². The molecule has 2 saturated heterocycles. The summed E-state index contributed by atoms with van der Waals surface area (Å²) in [5, 5.41) is 0. The van der Waals surface area contributed by atoms with Crippen molar-refractivity contribution in [3.05, 3.63) is 0 Å². The molecule has 0 aromatic carbocycles. The number of hydrogen-bond donors (Lipinski definition) is 0. The first-order valence-corrected chi connectivity index (χ1v) is 4.52. The minimum atomic E-state index is 0.381. The van der Waals surface area contributed by atoms with Crippen molar-refractivity contribution in [2.24, 2.45) is 11.8 Å². The van der Waals surface area contributed by atoms with E-state index in [9.17, 15) is 4.79 Å². The summed E-state index contributed by atoms with van der Waals surface area (Å²) in [6.45, 7) is 0. The Balaban J connectivity index is 1.96. The van der Waals surface area contributed by atoms with E-state index in [1.807, 2.05) is 0 Å². The third-order valence-corrected chi connectivity index (χ3v) is 3.38. The third-order valence-electron chi connectivity index (χ3n) is 3.38. The second-order valence-corrected chi connectivity index (χ2v) is 4.12. The Morgan fingerprint density at radius 1 is 1.00 bits per heavy atom. The largest absolute Gasteiger partial charge is 0.375 e. The molecule has 0 amide bonds. The molecule has 2 saturated carbocycles. The summed E-state index contributed by atoms with van der Waals surface area (Å²) < 4.78 is 5.72. The average molecular weight is 152 g/mol. The lowest BCUT2D eigenvalue weighted by molar-refractivity contribution is -0.173. The lowest BCUT2D eigenvalue weighted by Crippen LogP contribution is -2.51. The van der Waals surface area contributed by atoms with E-state index in [0.29, 0.717) is 29.8 Å². The third kappa shape index (κ3) is 0.734. The molecule has 4 rings (SSSR count). The van der Waals surface area contributed by atoms with Crippen molar-refractivity contribution >= 4 is 5.78 Å². The van der Waals surface area contributed by atoms with Gasteiger partial charge in [0.15, 0.2) is 0 Å².